The SMILES string of the molecule is CN(C)C(=O)N1C[C@H]2CC[C@@H](C1)N(C(=O)c1cc3c(s1)CCCC3)C2. The average Bonchev–Trinajstić information content (AvgIpc) is 2.83. The summed E-state index contributed by atoms with van der Waals surface area (Å²) in [6.07, 6.45) is 6.87. The van der Waals surface area contributed by atoms with Gasteiger partial charge in [0.15, 0.2) is 0 Å². The molecule has 0 aromatic carbocycles. The van der Waals surface area contributed by atoms with E-state index in [9.17, 15) is 9.59 Å². The van der Waals surface area contributed by atoms with Gasteiger partial charge in [-0.25, -0.2) is 4.79 Å². The number of amides is 3. The molecule has 3 saturated heterocycles. The van der Waals surface area contributed by atoms with Gasteiger partial charge in [-0.15, -0.1) is 11.3 Å². The largest absolute Gasteiger partial charge is 0.333 e. The standard InChI is InChI=1S/C19H27N3O2S/c1-20(2)19(24)21-10-13-7-8-15(12-21)22(11-13)18(23)17-9-14-5-3-4-6-16(14)25-17/h9,13,15H,3-8,10-12H2,1-2H3/t13-,15+/m1/s1. The number of nitrogens with zero attached hydrogens (tertiary/aromatic N) is 3. The summed E-state index contributed by atoms with van der Waals surface area (Å²) in [5.74, 6) is 0.592. The number of urea groups is 1. The third kappa shape index (κ3) is 3.16. The first-order chi connectivity index (χ1) is 12.0. The van der Waals surface area contributed by atoms with Crippen LogP contribution in [0.4, 0.5) is 4.79 Å². The minimum atomic E-state index is 0.0674. The number of hydrogen-bond donors (Lipinski definition) is 0. The lowest BCUT2D eigenvalue weighted by molar-refractivity contribution is 0.0590. The number of piperidine rings is 1. The quantitative estimate of drug-likeness (QED) is 0.772. The molecule has 3 aliphatic heterocycles. The van der Waals surface area contributed by atoms with Gasteiger partial charge < -0.3 is 14.7 Å². The van der Waals surface area contributed by atoms with Gasteiger partial charge in [0, 0.05) is 44.6 Å². The number of hydrogen-bond acceptors (Lipinski definition) is 3. The van der Waals surface area contributed by atoms with Crippen molar-refractivity contribution in [3.8, 4) is 0 Å². The summed E-state index contributed by atoms with van der Waals surface area (Å²) in [5, 5.41) is 0. The zero-order chi connectivity index (χ0) is 17.6. The summed E-state index contributed by atoms with van der Waals surface area (Å²) >= 11 is 1.70. The third-order valence-electron chi connectivity index (χ3n) is 5.83. The summed E-state index contributed by atoms with van der Waals surface area (Å²) in [6, 6.07) is 2.37. The monoisotopic (exact) mass is 361 g/mol. The molecule has 1 aromatic heterocycles. The molecule has 3 amide bonds. The lowest BCUT2D eigenvalue weighted by Gasteiger charge is -2.35. The van der Waals surface area contributed by atoms with E-state index in [0.29, 0.717) is 12.5 Å². The molecule has 6 heteroatoms. The van der Waals surface area contributed by atoms with Gasteiger partial charge in [-0.3, -0.25) is 4.79 Å². The molecule has 1 aromatic rings. The zero-order valence-electron chi connectivity index (χ0n) is 15.2. The van der Waals surface area contributed by atoms with Crippen LogP contribution < -0.4 is 0 Å². The van der Waals surface area contributed by atoms with Crippen molar-refractivity contribution in [2.24, 2.45) is 5.92 Å². The molecule has 0 radical (unpaired) electrons. The van der Waals surface area contributed by atoms with Crippen LogP contribution in [0.3, 0.4) is 0 Å². The van der Waals surface area contributed by atoms with E-state index in [1.54, 1.807) is 30.3 Å². The van der Waals surface area contributed by atoms with Crippen molar-refractivity contribution in [2.75, 3.05) is 33.7 Å². The van der Waals surface area contributed by atoms with Gasteiger partial charge in [-0.05, 0) is 56.1 Å². The van der Waals surface area contributed by atoms with E-state index in [1.165, 1.54) is 23.3 Å². The first-order valence-corrected chi connectivity index (χ1v) is 10.2. The molecule has 0 saturated carbocycles. The summed E-state index contributed by atoms with van der Waals surface area (Å²) in [5.41, 5.74) is 1.39. The van der Waals surface area contributed by atoms with Crippen LogP contribution in [-0.4, -0.2) is 66.4 Å². The molecular weight excluding hydrogens is 334 g/mol. The lowest BCUT2D eigenvalue weighted by Crippen LogP contribution is -2.48. The van der Waals surface area contributed by atoms with Gasteiger partial charge >= 0.3 is 6.03 Å². The molecule has 0 unspecified atom stereocenters. The molecule has 0 N–H and O–H groups in total. The fourth-order valence-electron chi connectivity index (χ4n) is 4.51. The Balaban J connectivity index is 1.54. The predicted octanol–water partition coefficient (Wildman–Crippen LogP) is 2.84. The van der Waals surface area contributed by atoms with E-state index in [2.05, 4.69) is 11.0 Å². The average molecular weight is 362 g/mol. The second kappa shape index (κ2) is 6.63. The molecule has 5 nitrogen and oxygen atoms in total. The molecule has 2 bridgehead atoms. The van der Waals surface area contributed by atoms with Crippen molar-refractivity contribution in [1.29, 1.82) is 0 Å². The molecule has 25 heavy (non-hydrogen) atoms. The van der Waals surface area contributed by atoms with Crippen LogP contribution in [0.15, 0.2) is 6.07 Å². The fourth-order valence-corrected chi connectivity index (χ4v) is 5.72. The summed E-state index contributed by atoms with van der Waals surface area (Å²) in [4.78, 5) is 33.6. The van der Waals surface area contributed by atoms with Crippen molar-refractivity contribution < 1.29 is 9.59 Å². The van der Waals surface area contributed by atoms with Crippen LogP contribution in [0.1, 0.15) is 45.8 Å². The van der Waals surface area contributed by atoms with Crippen LogP contribution in [0, 0.1) is 5.92 Å². The molecular formula is C19H27N3O2S. The highest BCUT2D eigenvalue weighted by Crippen LogP contribution is 2.34. The lowest BCUT2D eigenvalue weighted by atomic mass is 9.94. The van der Waals surface area contributed by atoms with Crippen molar-refractivity contribution in [3.63, 3.8) is 0 Å². The maximum Gasteiger partial charge on any atom is 0.319 e. The number of carbonyl (C=O) groups is 2. The normalized spacial score (nSPS) is 25.5. The van der Waals surface area contributed by atoms with Crippen molar-refractivity contribution in [1.82, 2.24) is 14.7 Å². The van der Waals surface area contributed by atoms with Gasteiger partial charge in [0.05, 0.1) is 4.88 Å². The van der Waals surface area contributed by atoms with Crippen LogP contribution in [0.2, 0.25) is 0 Å². The zero-order valence-corrected chi connectivity index (χ0v) is 16.0. The first kappa shape index (κ1) is 16.9. The van der Waals surface area contributed by atoms with Gasteiger partial charge in [0.25, 0.3) is 5.91 Å². The van der Waals surface area contributed by atoms with E-state index in [-0.39, 0.29) is 18.0 Å². The summed E-state index contributed by atoms with van der Waals surface area (Å²) in [7, 11) is 3.60. The molecule has 4 aliphatic rings. The Hall–Kier alpha value is -1.56. The second-order valence-electron chi connectivity index (χ2n) is 7.90. The van der Waals surface area contributed by atoms with Crippen LogP contribution in [0.25, 0.3) is 0 Å². The highest BCUT2D eigenvalue weighted by atomic mass is 32.1. The molecule has 0 spiro atoms. The topological polar surface area (TPSA) is 43.9 Å². The number of thiophene rings is 1. The van der Waals surface area contributed by atoms with Crippen LogP contribution in [-0.2, 0) is 12.8 Å². The number of rotatable bonds is 1. The molecule has 136 valence electrons. The number of carbonyl (C=O) groups excluding carboxylic acids is 2. The van der Waals surface area contributed by atoms with Gasteiger partial charge in [-0.2, -0.15) is 0 Å². The van der Waals surface area contributed by atoms with E-state index < -0.39 is 0 Å². The summed E-state index contributed by atoms with van der Waals surface area (Å²) in [6.45, 7) is 2.24. The van der Waals surface area contributed by atoms with E-state index in [0.717, 1.165) is 43.6 Å². The van der Waals surface area contributed by atoms with Crippen molar-refractivity contribution >= 4 is 23.3 Å². The second-order valence-corrected chi connectivity index (χ2v) is 9.04. The fraction of sp³-hybridized carbons (Fsp3) is 0.684. The Labute approximate surface area is 153 Å². The Morgan fingerprint density at radius 1 is 1.12 bits per heavy atom. The highest BCUT2D eigenvalue weighted by Gasteiger charge is 2.39. The predicted molar refractivity (Wildman–Crippen MR) is 99.2 cm³/mol. The highest BCUT2D eigenvalue weighted by molar-refractivity contribution is 7.14. The van der Waals surface area contributed by atoms with Crippen LogP contribution in [0.5, 0.6) is 0 Å². The molecule has 5 rings (SSSR count). The first-order valence-electron chi connectivity index (χ1n) is 9.41. The maximum absolute atomic E-state index is 13.2. The molecule has 1 aliphatic carbocycles. The molecule has 3 fully saturated rings. The van der Waals surface area contributed by atoms with E-state index >= 15 is 0 Å². The molecule has 4 heterocycles. The van der Waals surface area contributed by atoms with Gasteiger partial charge in [-0.1, -0.05) is 0 Å². The Morgan fingerprint density at radius 2 is 1.92 bits per heavy atom. The third-order valence-corrected chi connectivity index (χ3v) is 7.06. The Kier molecular flexibility index (Phi) is 4.48. The molecule has 2 atom stereocenters. The Bertz CT molecular complexity index is 661. The minimum Gasteiger partial charge on any atom is -0.333 e. The van der Waals surface area contributed by atoms with E-state index in [4.69, 9.17) is 0 Å². The van der Waals surface area contributed by atoms with E-state index in [1.807, 2.05) is 4.90 Å². The smallest absolute Gasteiger partial charge is 0.319 e. The van der Waals surface area contributed by atoms with Gasteiger partial charge in [0.2, 0.25) is 0 Å². The van der Waals surface area contributed by atoms with Crippen LogP contribution >= 0.6 is 11.3 Å². The Morgan fingerprint density at radius 3 is 2.68 bits per heavy atom. The minimum absolute atomic E-state index is 0.0674. The van der Waals surface area contributed by atoms with Crippen molar-refractivity contribution in [3.05, 3.63) is 21.4 Å². The van der Waals surface area contributed by atoms with Gasteiger partial charge in [0.1, 0.15) is 0 Å². The number of aryl methyl sites for hydroxylation is 2. The van der Waals surface area contributed by atoms with Crippen molar-refractivity contribution in [2.45, 2.75) is 44.6 Å². The maximum atomic E-state index is 13.2. The number of fused-ring (bicyclic) bond motifs is 5. The summed E-state index contributed by atoms with van der Waals surface area (Å²) < 4.78 is 0.